The fraction of sp³-hybridized carbons (Fsp3) is 0.242. The maximum absolute atomic E-state index is 14.7. The van der Waals surface area contributed by atoms with Gasteiger partial charge in [0.1, 0.15) is 12.1 Å². The molecule has 9 nitrogen and oxygen atoms in total. The van der Waals surface area contributed by atoms with Gasteiger partial charge in [-0.25, -0.2) is 14.5 Å². The molecule has 214 valence electrons. The zero-order chi connectivity index (χ0) is 30.1. The van der Waals surface area contributed by atoms with E-state index in [1.54, 1.807) is 99.6 Å². The van der Waals surface area contributed by atoms with Crippen LogP contribution in [-0.2, 0) is 20.7 Å². The molecule has 2 aliphatic rings. The molecule has 0 radical (unpaired) electrons. The van der Waals surface area contributed by atoms with E-state index < -0.39 is 47.9 Å². The second kappa shape index (κ2) is 11.4. The van der Waals surface area contributed by atoms with Crippen LogP contribution in [0.15, 0.2) is 96.2 Å². The number of allylic oxidation sites excluding steroid dienone is 1. The predicted molar refractivity (Wildman–Crippen MR) is 154 cm³/mol. The molecule has 3 aromatic carbocycles. The molecule has 0 unspecified atom stereocenters. The minimum Gasteiger partial charge on any atom is -0.459 e. The van der Waals surface area contributed by atoms with E-state index in [-0.39, 0.29) is 23.1 Å². The van der Waals surface area contributed by atoms with Crippen LogP contribution in [0, 0.1) is 0 Å². The Balaban J connectivity index is 1.67. The highest BCUT2D eigenvalue weighted by Gasteiger charge is 2.50. The third-order valence-electron chi connectivity index (χ3n) is 7.53. The Kier molecular flexibility index (Phi) is 7.76. The number of hydrogen-bond acceptors (Lipinski definition) is 6. The minimum absolute atomic E-state index is 0.0331. The molecule has 0 bridgehead atoms. The largest absolute Gasteiger partial charge is 0.459 e. The van der Waals surface area contributed by atoms with Crippen molar-refractivity contribution in [2.45, 2.75) is 45.4 Å². The van der Waals surface area contributed by atoms with Crippen molar-refractivity contribution in [1.82, 2.24) is 14.7 Å². The molecule has 2 heterocycles. The summed E-state index contributed by atoms with van der Waals surface area (Å²) in [6, 6.07) is 20.8. The first kappa shape index (κ1) is 28.5. The highest BCUT2D eigenvalue weighted by molar-refractivity contribution is 6.23. The molecule has 5 rings (SSSR count). The zero-order valence-corrected chi connectivity index (χ0v) is 23.8. The number of rotatable bonds is 7. The number of ether oxygens (including phenoxy) is 1. The first-order chi connectivity index (χ1) is 20.1. The third kappa shape index (κ3) is 4.98. The van der Waals surface area contributed by atoms with Gasteiger partial charge < -0.3 is 9.64 Å². The highest BCUT2D eigenvalue weighted by atomic mass is 16.5. The molecule has 42 heavy (non-hydrogen) atoms. The van der Waals surface area contributed by atoms with Crippen molar-refractivity contribution >= 4 is 29.7 Å². The number of benzene rings is 3. The second-order valence-electron chi connectivity index (χ2n) is 10.5. The van der Waals surface area contributed by atoms with Gasteiger partial charge in [-0.2, -0.15) is 0 Å². The lowest BCUT2D eigenvalue weighted by Gasteiger charge is -2.42. The number of carbonyl (C=O) groups is 5. The van der Waals surface area contributed by atoms with Crippen LogP contribution in [0.1, 0.15) is 58.7 Å². The summed E-state index contributed by atoms with van der Waals surface area (Å²) in [5, 5.41) is 0. The van der Waals surface area contributed by atoms with Crippen LogP contribution in [0.5, 0.6) is 0 Å². The van der Waals surface area contributed by atoms with E-state index in [2.05, 4.69) is 0 Å². The Morgan fingerprint density at radius 3 is 1.88 bits per heavy atom. The summed E-state index contributed by atoms with van der Waals surface area (Å²) >= 11 is 0. The van der Waals surface area contributed by atoms with Gasteiger partial charge >= 0.3 is 12.0 Å². The highest BCUT2D eigenvalue weighted by Crippen LogP contribution is 2.39. The lowest BCUT2D eigenvalue weighted by atomic mass is 9.91. The molecule has 3 aromatic rings. The van der Waals surface area contributed by atoms with E-state index in [1.807, 2.05) is 6.07 Å². The Morgan fingerprint density at radius 1 is 0.810 bits per heavy atom. The average molecular weight is 566 g/mol. The maximum Gasteiger partial charge on any atom is 0.338 e. The van der Waals surface area contributed by atoms with Gasteiger partial charge in [-0.15, -0.1) is 0 Å². The molecule has 5 amide bonds. The molecular formula is C33H31N3O6. The molecular weight excluding hydrogens is 534 g/mol. The number of hydrogen-bond donors (Lipinski definition) is 0. The molecule has 0 aromatic heterocycles. The molecule has 0 fully saturated rings. The van der Waals surface area contributed by atoms with E-state index in [9.17, 15) is 24.0 Å². The van der Waals surface area contributed by atoms with Crippen LogP contribution in [0.2, 0.25) is 0 Å². The van der Waals surface area contributed by atoms with Crippen LogP contribution < -0.4 is 0 Å². The SMILES string of the molecule is CC1=C(C(=O)OC(C)C)[C@@H](c2ccccc2)N(C(=O)[C@H](Cc2ccccc2)N2C(=O)c3ccccc3C2=O)C(=O)N1C. The smallest absolute Gasteiger partial charge is 0.338 e. The molecule has 0 N–H and O–H groups in total. The molecule has 0 saturated heterocycles. The topological polar surface area (TPSA) is 104 Å². The van der Waals surface area contributed by atoms with Crippen molar-refractivity contribution in [1.29, 1.82) is 0 Å². The van der Waals surface area contributed by atoms with Gasteiger partial charge in [0, 0.05) is 19.2 Å². The molecule has 0 aliphatic carbocycles. The fourth-order valence-corrected chi connectivity index (χ4v) is 5.41. The van der Waals surface area contributed by atoms with E-state index in [0.717, 1.165) is 9.80 Å². The lowest BCUT2D eigenvalue weighted by molar-refractivity contribution is -0.144. The van der Waals surface area contributed by atoms with Crippen LogP contribution in [0.25, 0.3) is 0 Å². The summed E-state index contributed by atoms with van der Waals surface area (Å²) < 4.78 is 5.56. The number of fused-ring (bicyclic) bond motifs is 1. The van der Waals surface area contributed by atoms with Gasteiger partial charge in [0.05, 0.1) is 22.8 Å². The molecule has 2 atom stereocenters. The predicted octanol–water partition coefficient (Wildman–Crippen LogP) is 4.75. The monoisotopic (exact) mass is 565 g/mol. The van der Waals surface area contributed by atoms with E-state index in [0.29, 0.717) is 16.8 Å². The molecule has 9 heteroatoms. The standard InChI is InChI=1S/C33H31N3O6/c1-20(2)42-32(40)27-21(3)34(4)33(41)36(28(27)23-15-9-6-10-16-23)31(39)26(19-22-13-7-5-8-14-22)35-29(37)24-17-11-12-18-25(24)30(35)38/h5-18,20,26,28H,19H2,1-4H3/t26-,28+/m0/s1. The summed E-state index contributed by atoms with van der Waals surface area (Å²) in [6.07, 6.45) is -0.486. The number of esters is 1. The van der Waals surface area contributed by atoms with Crippen molar-refractivity contribution < 1.29 is 28.7 Å². The van der Waals surface area contributed by atoms with Crippen molar-refractivity contribution in [3.63, 3.8) is 0 Å². The molecule has 2 aliphatic heterocycles. The Morgan fingerprint density at radius 2 is 1.33 bits per heavy atom. The first-order valence-corrected chi connectivity index (χ1v) is 13.7. The number of carbonyl (C=O) groups excluding carboxylic acids is 5. The Labute approximate surface area is 244 Å². The quantitative estimate of drug-likeness (QED) is 0.302. The Hall–Kier alpha value is -5.05. The van der Waals surface area contributed by atoms with Crippen molar-refractivity contribution in [3.05, 3.63) is 118 Å². The van der Waals surface area contributed by atoms with Crippen LogP contribution in [0.4, 0.5) is 4.79 Å². The van der Waals surface area contributed by atoms with E-state index in [4.69, 9.17) is 4.74 Å². The van der Waals surface area contributed by atoms with Gasteiger partial charge in [-0.05, 0) is 44.0 Å². The fourth-order valence-electron chi connectivity index (χ4n) is 5.41. The third-order valence-corrected chi connectivity index (χ3v) is 7.53. The summed E-state index contributed by atoms with van der Waals surface area (Å²) in [4.78, 5) is 72.6. The lowest BCUT2D eigenvalue weighted by Crippen LogP contribution is -2.58. The molecule has 0 saturated carbocycles. The van der Waals surface area contributed by atoms with Gasteiger partial charge in [0.2, 0.25) is 0 Å². The summed E-state index contributed by atoms with van der Waals surface area (Å²) in [6.45, 7) is 5.05. The van der Waals surface area contributed by atoms with Gasteiger partial charge in [-0.1, -0.05) is 72.8 Å². The van der Waals surface area contributed by atoms with Gasteiger partial charge in [0.15, 0.2) is 0 Å². The second-order valence-corrected chi connectivity index (χ2v) is 10.5. The maximum atomic E-state index is 14.7. The van der Waals surface area contributed by atoms with Crippen LogP contribution in [0.3, 0.4) is 0 Å². The molecule has 0 spiro atoms. The average Bonchev–Trinajstić information content (AvgIpc) is 3.24. The summed E-state index contributed by atoms with van der Waals surface area (Å²) in [5.41, 5.74) is 2.02. The number of urea groups is 1. The normalized spacial score (nSPS) is 17.6. The Bertz CT molecular complexity index is 1560. The summed E-state index contributed by atoms with van der Waals surface area (Å²) in [7, 11) is 1.47. The van der Waals surface area contributed by atoms with Crippen molar-refractivity contribution in [3.8, 4) is 0 Å². The van der Waals surface area contributed by atoms with E-state index in [1.165, 1.54) is 11.9 Å². The van der Waals surface area contributed by atoms with Crippen LogP contribution in [-0.4, -0.2) is 63.6 Å². The van der Waals surface area contributed by atoms with Crippen molar-refractivity contribution in [2.24, 2.45) is 0 Å². The summed E-state index contributed by atoms with van der Waals surface area (Å²) in [5.74, 6) is -2.70. The zero-order valence-electron chi connectivity index (χ0n) is 23.8. The van der Waals surface area contributed by atoms with E-state index >= 15 is 0 Å². The number of amides is 5. The number of imide groups is 2. The first-order valence-electron chi connectivity index (χ1n) is 13.7. The van der Waals surface area contributed by atoms with Crippen LogP contribution >= 0.6 is 0 Å². The number of nitrogens with zero attached hydrogens (tertiary/aromatic N) is 3. The van der Waals surface area contributed by atoms with Gasteiger partial charge in [0.25, 0.3) is 17.7 Å². The minimum atomic E-state index is -1.37. The van der Waals surface area contributed by atoms with Gasteiger partial charge in [-0.3, -0.25) is 19.3 Å². The van der Waals surface area contributed by atoms with Crippen molar-refractivity contribution in [2.75, 3.05) is 7.05 Å².